The van der Waals surface area contributed by atoms with Crippen molar-refractivity contribution in [3.63, 3.8) is 0 Å². The Hall–Kier alpha value is -3.12. The number of aliphatic hydroxyl groups excluding tert-OH is 1. The highest BCUT2D eigenvalue weighted by Crippen LogP contribution is 2.35. The maximum absolute atomic E-state index is 11.3. The molecule has 9 heteroatoms. The van der Waals surface area contributed by atoms with Gasteiger partial charge in [0.05, 0.1) is 17.8 Å². The Morgan fingerprint density at radius 2 is 2.06 bits per heavy atom. The fourth-order valence-corrected chi connectivity index (χ4v) is 3.96. The molecule has 2 rings (SSSR count). The minimum absolute atomic E-state index is 0.0252. The number of aromatic nitrogens is 3. The number of carbonyl (C=O) groups is 1. The largest absolute Gasteiger partial charge is 0.481 e. The molecule has 0 unspecified atom stereocenters. The van der Waals surface area contributed by atoms with Gasteiger partial charge < -0.3 is 20.4 Å². The zero-order chi connectivity index (χ0) is 24.4. The maximum atomic E-state index is 11.3. The lowest BCUT2D eigenvalue weighted by Crippen LogP contribution is -2.39. The van der Waals surface area contributed by atoms with Crippen LogP contribution in [0.4, 0.5) is 17.3 Å². The summed E-state index contributed by atoms with van der Waals surface area (Å²) in [6.45, 7) is 9.26. The first-order valence-electron chi connectivity index (χ1n) is 11.6. The number of H-pyrrole nitrogens is 1. The molecule has 0 bridgehead atoms. The Morgan fingerprint density at radius 1 is 1.30 bits per heavy atom. The Bertz CT molecular complexity index is 937. The lowest BCUT2D eigenvalue weighted by Gasteiger charge is -2.36. The maximum Gasteiger partial charge on any atom is 0.303 e. The molecule has 9 nitrogen and oxygen atoms in total. The summed E-state index contributed by atoms with van der Waals surface area (Å²) in [4.78, 5) is 17.7. The number of carboxylic acids is 1. The van der Waals surface area contributed by atoms with Gasteiger partial charge in [-0.15, -0.1) is 5.10 Å². The van der Waals surface area contributed by atoms with Crippen molar-refractivity contribution < 1.29 is 15.0 Å². The van der Waals surface area contributed by atoms with Crippen LogP contribution in [-0.4, -0.2) is 50.6 Å². The molecule has 0 aliphatic rings. The topological polar surface area (TPSA) is 138 Å². The van der Waals surface area contributed by atoms with Gasteiger partial charge in [0.1, 0.15) is 6.07 Å². The zero-order valence-electron chi connectivity index (χ0n) is 20.0. The van der Waals surface area contributed by atoms with Gasteiger partial charge >= 0.3 is 5.97 Å². The summed E-state index contributed by atoms with van der Waals surface area (Å²) in [5.74, 6) is -0.259. The molecule has 1 aromatic heterocycles. The number of aliphatic hydroxyl groups is 1. The van der Waals surface area contributed by atoms with Crippen LogP contribution in [-0.2, 0) is 4.79 Å². The smallest absolute Gasteiger partial charge is 0.303 e. The molecular formula is C24H36N6O3. The summed E-state index contributed by atoms with van der Waals surface area (Å²) in [6.07, 6.45) is 3.77. The highest BCUT2D eigenvalue weighted by molar-refractivity contribution is 5.75. The van der Waals surface area contributed by atoms with Gasteiger partial charge in [0.15, 0.2) is 0 Å². The van der Waals surface area contributed by atoms with E-state index in [-0.39, 0.29) is 36.8 Å². The fraction of sp³-hybridized carbons (Fsp3) is 0.583. The zero-order valence-corrected chi connectivity index (χ0v) is 20.0. The predicted molar refractivity (Wildman–Crippen MR) is 129 cm³/mol. The highest BCUT2D eigenvalue weighted by Gasteiger charge is 2.23. The minimum Gasteiger partial charge on any atom is -0.481 e. The van der Waals surface area contributed by atoms with Crippen LogP contribution in [0.3, 0.4) is 0 Å². The van der Waals surface area contributed by atoms with E-state index in [1.165, 1.54) is 0 Å². The molecule has 0 radical (unpaired) electrons. The molecule has 0 saturated carbocycles. The van der Waals surface area contributed by atoms with Crippen LogP contribution < -0.4 is 10.2 Å². The van der Waals surface area contributed by atoms with Crippen LogP contribution in [0.1, 0.15) is 77.1 Å². The Labute approximate surface area is 195 Å². The minimum atomic E-state index is -0.849. The third kappa shape index (κ3) is 7.75. The van der Waals surface area contributed by atoms with Gasteiger partial charge in [0.25, 0.3) is 0 Å². The second-order valence-electron chi connectivity index (χ2n) is 8.87. The second kappa shape index (κ2) is 12.8. The molecule has 0 saturated heterocycles. The molecule has 0 aliphatic carbocycles. The first-order chi connectivity index (χ1) is 15.8. The third-order valence-electron chi connectivity index (χ3n) is 5.57. The number of nitrogens with zero attached hydrogens (tertiary/aromatic N) is 4. The molecule has 4 N–H and O–H groups in total. The second-order valence-corrected chi connectivity index (χ2v) is 8.87. The Kier molecular flexibility index (Phi) is 10.1. The van der Waals surface area contributed by atoms with Crippen molar-refractivity contribution in [1.82, 2.24) is 15.2 Å². The van der Waals surface area contributed by atoms with Crippen molar-refractivity contribution in [2.75, 3.05) is 23.4 Å². The number of benzene rings is 1. The lowest BCUT2D eigenvalue weighted by atomic mass is 9.95. The molecule has 180 valence electrons. The van der Waals surface area contributed by atoms with Gasteiger partial charge in [-0.25, -0.2) is 5.10 Å². The molecule has 0 fully saturated rings. The first-order valence-corrected chi connectivity index (χ1v) is 11.6. The Morgan fingerprint density at radius 3 is 2.64 bits per heavy atom. The van der Waals surface area contributed by atoms with E-state index < -0.39 is 5.97 Å². The molecule has 33 heavy (non-hydrogen) atoms. The number of nitrogens with one attached hydrogen (secondary N) is 2. The van der Waals surface area contributed by atoms with Gasteiger partial charge in [-0.3, -0.25) is 4.79 Å². The van der Waals surface area contributed by atoms with Gasteiger partial charge in [-0.1, -0.05) is 46.6 Å². The molecule has 2 aromatic rings. The van der Waals surface area contributed by atoms with Crippen molar-refractivity contribution in [1.29, 1.82) is 5.26 Å². The molecule has 0 amide bonds. The van der Waals surface area contributed by atoms with Crippen molar-refractivity contribution in [2.24, 2.45) is 5.92 Å². The van der Waals surface area contributed by atoms with Gasteiger partial charge in [0, 0.05) is 19.2 Å². The fourth-order valence-electron chi connectivity index (χ4n) is 3.96. The summed E-state index contributed by atoms with van der Waals surface area (Å²) in [5.41, 5.74) is 2.57. The average molecular weight is 457 g/mol. The molecule has 0 spiro atoms. The monoisotopic (exact) mass is 456 g/mol. The van der Waals surface area contributed by atoms with Crippen LogP contribution in [0, 0.1) is 17.2 Å². The molecule has 1 aromatic carbocycles. The van der Waals surface area contributed by atoms with E-state index in [9.17, 15) is 15.0 Å². The van der Waals surface area contributed by atoms with Gasteiger partial charge in [-0.05, 0) is 42.4 Å². The summed E-state index contributed by atoms with van der Waals surface area (Å²) in [6, 6.07) is 8.00. The number of anilines is 3. The van der Waals surface area contributed by atoms with Crippen LogP contribution in [0.25, 0.3) is 0 Å². The summed E-state index contributed by atoms with van der Waals surface area (Å²) in [5, 5.41) is 37.9. The number of aliphatic carboxylic acids is 1. The normalized spacial score (nSPS) is 12.9. The average Bonchev–Trinajstić information content (AvgIpc) is 3.22. The molecule has 1 heterocycles. The molecular weight excluding hydrogens is 420 g/mol. The van der Waals surface area contributed by atoms with E-state index in [1.54, 1.807) is 0 Å². The number of carboxylic acid groups (broad SMARTS) is 1. The van der Waals surface area contributed by atoms with Crippen molar-refractivity contribution in [2.45, 2.75) is 71.8 Å². The SMILES string of the molecule is CCCC[C@H](CCO)N(CC(C)C)c1ccc([C@H](C)CC(=O)O)cc1Nc1n[nH]c(C#N)n1. The summed E-state index contributed by atoms with van der Waals surface area (Å²) in [7, 11) is 0. The Balaban J connectivity index is 2.54. The van der Waals surface area contributed by atoms with Crippen LogP contribution in [0.5, 0.6) is 0 Å². The van der Waals surface area contributed by atoms with E-state index in [0.29, 0.717) is 12.3 Å². The predicted octanol–water partition coefficient (Wildman–Crippen LogP) is 4.40. The van der Waals surface area contributed by atoms with Crippen molar-refractivity contribution in [3.8, 4) is 6.07 Å². The van der Waals surface area contributed by atoms with E-state index in [0.717, 1.165) is 42.7 Å². The lowest BCUT2D eigenvalue weighted by molar-refractivity contribution is -0.137. The first kappa shape index (κ1) is 26.1. The number of hydrogen-bond donors (Lipinski definition) is 4. The van der Waals surface area contributed by atoms with E-state index in [1.807, 2.05) is 31.2 Å². The number of aromatic amines is 1. The van der Waals surface area contributed by atoms with Crippen molar-refractivity contribution >= 4 is 23.3 Å². The number of hydrogen-bond acceptors (Lipinski definition) is 7. The van der Waals surface area contributed by atoms with Gasteiger partial charge in [0.2, 0.25) is 11.8 Å². The number of nitriles is 1. The summed E-state index contributed by atoms with van der Waals surface area (Å²) < 4.78 is 0. The van der Waals surface area contributed by atoms with Crippen molar-refractivity contribution in [3.05, 3.63) is 29.6 Å². The standard InChI is InChI=1S/C24H36N6O3/c1-5-6-7-19(10-11-31)30(15-16(2)3)21-9-8-18(17(4)12-23(32)33)13-20(21)26-24-27-22(14-25)28-29-24/h8-9,13,16-17,19,31H,5-7,10-12,15H2,1-4H3,(H,32,33)(H2,26,27,28,29)/t17-,19-/m1/s1. The summed E-state index contributed by atoms with van der Waals surface area (Å²) >= 11 is 0. The number of rotatable bonds is 14. The van der Waals surface area contributed by atoms with Gasteiger partial charge in [-0.2, -0.15) is 10.2 Å². The van der Waals surface area contributed by atoms with Crippen LogP contribution >= 0.6 is 0 Å². The van der Waals surface area contributed by atoms with E-state index >= 15 is 0 Å². The highest BCUT2D eigenvalue weighted by atomic mass is 16.4. The number of unbranched alkanes of at least 4 members (excludes halogenated alkanes) is 1. The molecule has 0 aliphatic heterocycles. The quantitative estimate of drug-likeness (QED) is 0.328. The van der Waals surface area contributed by atoms with E-state index in [4.69, 9.17) is 5.26 Å². The molecule has 2 atom stereocenters. The van der Waals surface area contributed by atoms with E-state index in [2.05, 4.69) is 46.2 Å². The van der Waals surface area contributed by atoms with Crippen LogP contribution in [0.15, 0.2) is 18.2 Å². The van der Waals surface area contributed by atoms with Crippen LogP contribution in [0.2, 0.25) is 0 Å². The third-order valence-corrected chi connectivity index (χ3v) is 5.57.